The number of fused-ring (bicyclic) bond motifs is 4. The molecule has 0 radical (unpaired) electrons. The van der Waals surface area contributed by atoms with Crippen LogP contribution in [0.1, 0.15) is 121 Å². The average Bonchev–Trinajstić information content (AvgIpc) is 0.803. The van der Waals surface area contributed by atoms with Crippen LogP contribution in [0.3, 0.4) is 0 Å². The number of carbonyl (C=O) groups excluding carboxylic acids is 8. The number of aromatic hydroxyl groups is 2. The third-order valence-corrected chi connectivity index (χ3v) is 16.7. The molecule has 0 unspecified atom stereocenters. The molecule has 27 nitrogen and oxygen atoms in total. The van der Waals surface area contributed by atoms with Crippen molar-refractivity contribution in [2.45, 2.75) is 182 Å². The number of aliphatic carboxylic acids is 1. The van der Waals surface area contributed by atoms with Gasteiger partial charge in [-0.05, 0) is 122 Å². The van der Waals surface area contributed by atoms with Crippen LogP contribution in [0.25, 0.3) is 0 Å². The van der Waals surface area contributed by atoms with E-state index in [1.165, 1.54) is 48.4 Å². The quantitative estimate of drug-likeness (QED) is 0.0316. The zero-order chi connectivity index (χ0) is 76.7. The molecule has 4 amide bonds. The summed E-state index contributed by atoms with van der Waals surface area (Å²) >= 11 is 4.99. The van der Waals surface area contributed by atoms with Gasteiger partial charge in [-0.3, -0.25) is 24.0 Å². The third-order valence-electron chi connectivity index (χ3n) is 16.2. The molecule has 2 aliphatic heterocycles. The van der Waals surface area contributed by atoms with Crippen molar-refractivity contribution in [1.82, 2.24) is 10.6 Å². The summed E-state index contributed by atoms with van der Waals surface area (Å²) in [4.78, 5) is 96.0. The molecular weight excluding hydrogens is 1390 g/mol. The predicted molar refractivity (Wildman–Crippen MR) is 386 cm³/mol. The zero-order valence-corrected chi connectivity index (χ0v) is 63.8. The number of carboxylic acid groups (broad SMARTS) is 1. The van der Waals surface area contributed by atoms with Gasteiger partial charge < -0.3 is 115 Å². The molecule has 1 aromatic carbocycles. The molecular formula is C72H111Cl3N8O19. The first-order chi connectivity index (χ1) is 46.5. The number of hydrogen-bond acceptors (Lipinski definition) is 21. The standard InChI is InChI=1S/C32H47N3O8.C32H45N3O8.C4H8ClNO.C4H9NO2.2ClH/c2*1-8-12-34-28-23-13-18(2)14-27(42-7)29(37)21(5)15-20(4)26(43-32(33)40)16-22(41-6)11-9-10-19(3)31(39)35-24(30(23)38)17-25(28)36;1-4(2,6)3(5)7;1-4(2,5)3(6)7;;/h8-11,15,17-18,21-22,26-27,29,34,36-38H,1,12-14,16H2,2-7H3,(H2,33,40)(H,35,39);8-11,15,17-18,21-22,26-27,29,34,37H,1,12-14,16H2,2-7H3,(H2,33,40)(H,35,39);6H2,1-2H3;5H2,1-2H3,(H,6,7);2*1H/b2*11-9-,19-10+,20-15+;;;;/t2*18-,21+,22+,26-,27+,29-;;;;/m11..../s1. The first-order valence-corrected chi connectivity index (χ1v) is 33.0. The third kappa shape index (κ3) is 33.3. The summed E-state index contributed by atoms with van der Waals surface area (Å²) in [5.74, 6) is -4.39. The first kappa shape index (κ1) is 96.5. The number of Topliss-reactive ketones (excluding diaryl/α,β-unsaturated/α-hetero) is 1. The maximum atomic E-state index is 13.6. The molecule has 0 saturated heterocycles. The van der Waals surface area contributed by atoms with E-state index in [2.05, 4.69) is 34.8 Å². The topological polar surface area (TPSA) is 454 Å². The number of amides is 4. The predicted octanol–water partition coefficient (Wildman–Crippen LogP) is 1.93. The largest absolute Gasteiger partial charge is 1.00 e. The number of carbonyl (C=O) groups is 8. The number of primary amides is 2. The van der Waals surface area contributed by atoms with Crippen molar-refractivity contribution in [3.8, 4) is 11.5 Å². The molecule has 0 saturated carbocycles. The summed E-state index contributed by atoms with van der Waals surface area (Å²) in [5, 5.41) is 64.0. The lowest BCUT2D eigenvalue weighted by atomic mass is 9.85. The number of halogens is 3. The van der Waals surface area contributed by atoms with Gasteiger partial charge >= 0.3 is 12.2 Å². The van der Waals surface area contributed by atoms with E-state index in [-0.39, 0.29) is 108 Å². The molecule has 574 valence electrons. The van der Waals surface area contributed by atoms with Gasteiger partial charge in [0.2, 0.25) is 16.8 Å². The second kappa shape index (κ2) is 47.0. The summed E-state index contributed by atoms with van der Waals surface area (Å²) < 4.78 is 33.2. The number of ether oxygens (including phenoxy) is 6. The highest BCUT2D eigenvalue weighted by Gasteiger charge is 2.35. The normalized spacial score (nSPS) is 27.1. The molecule has 1 aromatic rings. The Labute approximate surface area is 617 Å². The van der Waals surface area contributed by atoms with Gasteiger partial charge in [0.1, 0.15) is 29.5 Å². The SMILES string of the molecule is C=CCNC1=C2C[C@@H](C)C[C@H](OC)[C@H](O)[C@@H](C)/C=C(\C)[C@H](OC(N)=O)C[C@@H](OC)/C=C\C=C(/C)C(=O)NC(=CC1=O)C2=O.C=CC[NH2+]c1c(O)cc2c(O)c1C[C@@H](C)C[C@H](OC)[C@H](O)[C@@H](C)/C=C(\C)[C@H](OC(N)=O)C[C@@H](OC)/C=C\C=C(/C)C(=O)N2.CC(C)(N)C(=O)Cl.CC(C)([NH3+])C(=O)[O-].Cl.[Cl-]. The van der Waals surface area contributed by atoms with Crippen molar-refractivity contribution >= 4 is 82.2 Å². The van der Waals surface area contributed by atoms with E-state index in [9.17, 15) is 63.9 Å². The second-order valence-electron chi connectivity index (χ2n) is 26.3. The second-order valence-corrected chi connectivity index (χ2v) is 26.6. The number of aliphatic hydroxyl groups is 2. The van der Waals surface area contributed by atoms with Gasteiger partial charge in [-0.15, -0.1) is 19.0 Å². The van der Waals surface area contributed by atoms with Crippen LogP contribution in [0.5, 0.6) is 11.5 Å². The maximum absolute atomic E-state index is 13.6. The van der Waals surface area contributed by atoms with E-state index in [1.807, 2.05) is 33.8 Å². The van der Waals surface area contributed by atoms with Gasteiger partial charge in [0.05, 0.1) is 71.4 Å². The molecule has 18 N–H and O–H groups in total. The number of hydrogen-bond donors (Lipinski definition) is 12. The van der Waals surface area contributed by atoms with Crippen molar-refractivity contribution < 1.29 is 116 Å². The molecule has 4 bridgehead atoms. The Morgan fingerprint density at radius 2 is 1.17 bits per heavy atom. The van der Waals surface area contributed by atoms with Crippen LogP contribution < -0.4 is 61.7 Å². The number of anilines is 1. The lowest BCUT2D eigenvalue weighted by Gasteiger charge is -2.29. The number of phenolic OH excluding ortho intramolecular Hbond substituents is 2. The fourth-order valence-corrected chi connectivity index (χ4v) is 10.2. The summed E-state index contributed by atoms with van der Waals surface area (Å²) in [6.45, 7) is 28.5. The number of nitrogens with one attached hydrogen (secondary N) is 3. The number of nitrogens with two attached hydrogens (primary N) is 4. The molecule has 0 aromatic heterocycles. The Kier molecular flexibility index (Phi) is 44.5. The van der Waals surface area contributed by atoms with Gasteiger partial charge in [-0.1, -0.05) is 89.0 Å². The van der Waals surface area contributed by atoms with E-state index in [0.717, 1.165) is 6.08 Å². The van der Waals surface area contributed by atoms with Crippen LogP contribution >= 0.6 is 24.0 Å². The minimum Gasteiger partial charge on any atom is -1.00 e. The Hall–Kier alpha value is -7.51. The first-order valence-electron chi connectivity index (χ1n) is 32.6. The number of rotatable bonds is 14. The van der Waals surface area contributed by atoms with Gasteiger partial charge in [0.15, 0.2) is 11.4 Å². The van der Waals surface area contributed by atoms with Gasteiger partial charge in [0, 0.05) is 88.5 Å². The van der Waals surface area contributed by atoms with E-state index in [0.29, 0.717) is 53.8 Å². The Balaban J connectivity index is 0. The number of phenols is 2. The monoisotopic (exact) mass is 1500 g/mol. The van der Waals surface area contributed by atoms with Crippen LogP contribution in [0.4, 0.5) is 21.0 Å². The molecule has 12 atom stereocenters. The van der Waals surface area contributed by atoms with Crippen molar-refractivity contribution in [1.29, 1.82) is 0 Å². The minimum atomic E-state index is -1.12. The van der Waals surface area contributed by atoms with Crippen LogP contribution in [0.15, 0.2) is 125 Å². The van der Waals surface area contributed by atoms with Gasteiger partial charge in [-0.2, -0.15) is 0 Å². The summed E-state index contributed by atoms with van der Waals surface area (Å²) in [6, 6.07) is 1.32. The molecule has 102 heavy (non-hydrogen) atoms. The van der Waals surface area contributed by atoms with E-state index >= 15 is 0 Å². The number of ketones is 2. The van der Waals surface area contributed by atoms with Gasteiger partial charge in [0.25, 0.3) is 11.8 Å². The summed E-state index contributed by atoms with van der Waals surface area (Å²) in [6.07, 6.45) is 12.2. The van der Waals surface area contributed by atoms with Crippen LogP contribution in [-0.4, -0.2) is 169 Å². The number of aliphatic hydroxyl groups excluding tert-OH is 2. The number of benzene rings is 1. The molecule has 2 heterocycles. The van der Waals surface area contributed by atoms with Crippen LogP contribution in [0, 0.1) is 23.7 Å². The van der Waals surface area contributed by atoms with E-state index in [1.54, 1.807) is 102 Å². The number of allylic oxidation sites excluding steroid dienone is 6. The van der Waals surface area contributed by atoms with Crippen LogP contribution in [-0.2, 0) is 63.6 Å². The summed E-state index contributed by atoms with van der Waals surface area (Å²) in [7, 11) is 6.02. The number of carboxylic acids is 1. The van der Waals surface area contributed by atoms with Crippen molar-refractivity contribution in [2.24, 2.45) is 40.9 Å². The maximum Gasteiger partial charge on any atom is 0.405 e. The fraction of sp³-hybridized carbons (Fsp3) is 0.528. The fourth-order valence-electron chi connectivity index (χ4n) is 10.2. The average molecular weight is 1500 g/mol. The highest BCUT2D eigenvalue weighted by Crippen LogP contribution is 2.41. The van der Waals surface area contributed by atoms with E-state index in [4.69, 9.17) is 57.2 Å². The molecule has 0 spiro atoms. The van der Waals surface area contributed by atoms with Gasteiger partial charge in [-0.25, -0.2) is 9.59 Å². The zero-order valence-electron chi connectivity index (χ0n) is 61.5. The van der Waals surface area contributed by atoms with Crippen molar-refractivity contribution in [3.05, 3.63) is 131 Å². The Morgan fingerprint density at radius 1 is 0.745 bits per heavy atom. The minimum absolute atomic E-state index is 0. The number of quaternary nitrogens is 2. The highest BCUT2D eigenvalue weighted by molar-refractivity contribution is 6.65. The Morgan fingerprint density at radius 3 is 1.54 bits per heavy atom. The molecule has 0 fully saturated rings. The number of methoxy groups -OCH3 is 4. The molecule has 4 rings (SSSR count). The van der Waals surface area contributed by atoms with Crippen molar-refractivity contribution in [3.63, 3.8) is 0 Å². The Bertz CT molecular complexity index is 3250. The van der Waals surface area contributed by atoms with Crippen molar-refractivity contribution in [2.75, 3.05) is 46.8 Å². The lowest BCUT2D eigenvalue weighted by Crippen LogP contribution is -3.00. The highest BCUT2D eigenvalue weighted by atomic mass is 35.5. The van der Waals surface area contributed by atoms with E-state index < -0.39 is 113 Å². The smallest absolute Gasteiger partial charge is 0.405 e. The molecule has 3 aliphatic rings. The molecule has 30 heteroatoms. The lowest BCUT2D eigenvalue weighted by molar-refractivity contribution is -0.562. The summed E-state index contributed by atoms with van der Waals surface area (Å²) in [5.41, 5.74) is 20.6. The van der Waals surface area contributed by atoms with Crippen LogP contribution in [0.2, 0.25) is 0 Å². The molecule has 1 aliphatic carbocycles.